The van der Waals surface area contributed by atoms with Gasteiger partial charge in [-0.2, -0.15) is 31.1 Å². The Kier molecular flexibility index (Phi) is 8.20. The molecule has 2 aromatic heterocycles. The molecular formula is C24H24F6IN7O2. The number of aromatic nitrogens is 5. The van der Waals surface area contributed by atoms with Crippen LogP contribution in [0.4, 0.5) is 42.8 Å². The highest BCUT2D eigenvalue weighted by Crippen LogP contribution is 2.44. The summed E-state index contributed by atoms with van der Waals surface area (Å²) >= 11 is 2.03. The zero-order valence-corrected chi connectivity index (χ0v) is 23.8. The first kappa shape index (κ1) is 29.8. The molecule has 1 aromatic carbocycles. The van der Waals surface area contributed by atoms with Crippen LogP contribution in [0, 0.1) is 6.92 Å². The van der Waals surface area contributed by atoms with Crippen molar-refractivity contribution in [3.8, 4) is 0 Å². The number of alkyl halides is 7. The lowest BCUT2D eigenvalue weighted by molar-refractivity contribution is -0.143. The summed E-state index contributed by atoms with van der Waals surface area (Å²) in [5, 5.41) is 12.0. The highest BCUT2D eigenvalue weighted by Gasteiger charge is 2.42. The molecule has 3 heterocycles. The van der Waals surface area contributed by atoms with Crippen LogP contribution < -0.4 is 9.80 Å². The van der Waals surface area contributed by atoms with Crippen LogP contribution in [0.15, 0.2) is 30.3 Å². The number of amides is 1. The number of hydrogen-bond acceptors (Lipinski definition) is 7. The number of aryl methyl sites for hydroxylation is 2. The van der Waals surface area contributed by atoms with Crippen LogP contribution >= 0.6 is 22.6 Å². The van der Waals surface area contributed by atoms with Gasteiger partial charge < -0.3 is 9.64 Å². The number of carbonyl (C=O) groups is 1. The Bertz CT molecular complexity index is 1360. The van der Waals surface area contributed by atoms with Gasteiger partial charge in [0.2, 0.25) is 0 Å². The van der Waals surface area contributed by atoms with Gasteiger partial charge in [-0.3, -0.25) is 9.88 Å². The van der Waals surface area contributed by atoms with Gasteiger partial charge in [-0.05, 0) is 61.9 Å². The molecule has 2 atom stereocenters. The van der Waals surface area contributed by atoms with Crippen molar-refractivity contribution in [2.75, 3.05) is 9.80 Å². The second-order valence-corrected chi connectivity index (χ2v) is 10.9. The molecule has 4 rings (SSSR count). The Balaban J connectivity index is 1.85. The van der Waals surface area contributed by atoms with Crippen LogP contribution in [-0.4, -0.2) is 41.4 Å². The SMILES string of the molecule is Cc1ccc2c(n1)[C@H](N(Cc1cc(C(F)(F)F)cc(C(F)(F)F)c1)c1nnn(C)n1)C[C@H](I)N2C(=O)OC(C)C. The number of anilines is 2. The summed E-state index contributed by atoms with van der Waals surface area (Å²) in [4.78, 5) is 21.6. The van der Waals surface area contributed by atoms with Crippen molar-refractivity contribution in [2.45, 2.75) is 62.3 Å². The maximum Gasteiger partial charge on any atom is 0.416 e. The van der Waals surface area contributed by atoms with Gasteiger partial charge in [0.05, 0.1) is 45.8 Å². The predicted molar refractivity (Wildman–Crippen MR) is 140 cm³/mol. The number of pyridine rings is 1. The second-order valence-electron chi connectivity index (χ2n) is 9.47. The molecule has 216 valence electrons. The lowest BCUT2D eigenvalue weighted by Crippen LogP contribution is -2.46. The Morgan fingerprint density at radius 1 is 1.12 bits per heavy atom. The zero-order valence-electron chi connectivity index (χ0n) is 21.6. The number of ether oxygens (including phenoxy) is 1. The van der Waals surface area contributed by atoms with Crippen LogP contribution in [-0.2, 0) is 30.7 Å². The minimum absolute atomic E-state index is 0.0328. The standard InChI is InChI=1S/C24H24F6IN7O2/c1-12(2)40-22(39)38-17-6-5-13(3)32-20(17)18(10-19(38)31)37(21-33-35-36(4)34-21)11-14-7-15(23(25,26)27)9-16(8-14)24(28,29)30/h5-9,12,18-19H,10-11H2,1-4H3/t18-,19-/m1/s1. The van der Waals surface area contributed by atoms with Crippen molar-refractivity contribution < 1.29 is 35.9 Å². The summed E-state index contributed by atoms with van der Waals surface area (Å²) in [6, 6.07) is 4.03. The van der Waals surface area contributed by atoms with Gasteiger partial charge in [0.1, 0.15) is 0 Å². The number of fused-ring (bicyclic) bond motifs is 1. The summed E-state index contributed by atoms with van der Waals surface area (Å²) in [7, 11) is 1.47. The number of rotatable bonds is 5. The molecule has 16 heteroatoms. The Morgan fingerprint density at radius 3 is 2.27 bits per heavy atom. The van der Waals surface area contributed by atoms with E-state index in [4.69, 9.17) is 4.74 Å². The molecular weight excluding hydrogens is 659 g/mol. The van der Waals surface area contributed by atoms with Crippen LogP contribution in [0.5, 0.6) is 0 Å². The topological polar surface area (TPSA) is 89.3 Å². The van der Waals surface area contributed by atoms with Crippen molar-refractivity contribution >= 4 is 40.3 Å². The number of benzene rings is 1. The average molecular weight is 683 g/mol. The molecule has 9 nitrogen and oxygen atoms in total. The molecule has 0 saturated carbocycles. The Hall–Kier alpha value is -3.18. The average Bonchev–Trinajstić information content (AvgIpc) is 3.26. The first-order chi connectivity index (χ1) is 18.5. The van der Waals surface area contributed by atoms with Gasteiger partial charge in [0.15, 0.2) is 0 Å². The normalized spacial score (nSPS) is 17.6. The smallest absolute Gasteiger partial charge is 0.416 e. The number of carbonyl (C=O) groups excluding carboxylic acids is 1. The second kappa shape index (κ2) is 11.0. The van der Waals surface area contributed by atoms with Gasteiger partial charge in [-0.15, -0.1) is 5.10 Å². The van der Waals surface area contributed by atoms with Gasteiger partial charge >= 0.3 is 18.4 Å². The summed E-state index contributed by atoms with van der Waals surface area (Å²) < 4.78 is 86.4. The van der Waals surface area contributed by atoms with Crippen molar-refractivity contribution in [1.82, 2.24) is 25.2 Å². The van der Waals surface area contributed by atoms with Crippen LogP contribution in [0.25, 0.3) is 0 Å². The summed E-state index contributed by atoms with van der Waals surface area (Å²) in [6.07, 6.45) is -10.9. The van der Waals surface area contributed by atoms with E-state index in [1.54, 1.807) is 32.9 Å². The molecule has 0 aliphatic carbocycles. The highest BCUT2D eigenvalue weighted by molar-refractivity contribution is 14.1. The monoisotopic (exact) mass is 683 g/mol. The molecule has 0 saturated heterocycles. The van der Waals surface area contributed by atoms with Crippen molar-refractivity contribution in [3.05, 3.63) is 58.4 Å². The van der Waals surface area contributed by atoms with E-state index in [-0.39, 0.29) is 24.0 Å². The maximum absolute atomic E-state index is 13.6. The van der Waals surface area contributed by atoms with Crippen molar-refractivity contribution in [3.63, 3.8) is 0 Å². The molecule has 1 amide bonds. The van der Waals surface area contributed by atoms with Gasteiger partial charge in [-0.25, -0.2) is 4.79 Å². The maximum atomic E-state index is 13.6. The third-order valence-electron chi connectivity index (χ3n) is 5.98. The third kappa shape index (κ3) is 6.41. The minimum atomic E-state index is -5.01. The fraction of sp³-hybridized carbons (Fsp3) is 0.458. The molecule has 0 radical (unpaired) electrons. The van der Waals surface area contributed by atoms with Crippen molar-refractivity contribution in [1.29, 1.82) is 0 Å². The largest absolute Gasteiger partial charge is 0.446 e. The molecule has 1 aliphatic rings. The third-order valence-corrected chi connectivity index (χ3v) is 7.04. The Labute approximate surface area is 238 Å². The quantitative estimate of drug-likeness (QED) is 0.137. The van der Waals surface area contributed by atoms with E-state index in [9.17, 15) is 31.1 Å². The molecule has 1 aliphatic heterocycles. The van der Waals surface area contributed by atoms with E-state index in [0.29, 0.717) is 29.2 Å². The fourth-order valence-corrected chi connectivity index (χ4v) is 5.34. The summed E-state index contributed by atoms with van der Waals surface area (Å²) in [6.45, 7) is 4.69. The van der Waals surface area contributed by atoms with E-state index in [0.717, 1.165) is 4.80 Å². The molecule has 0 bridgehead atoms. The number of tetrazole rings is 1. The van der Waals surface area contributed by atoms with E-state index >= 15 is 0 Å². The van der Waals surface area contributed by atoms with Crippen LogP contribution in [0.2, 0.25) is 0 Å². The van der Waals surface area contributed by atoms with E-state index in [1.807, 2.05) is 22.6 Å². The van der Waals surface area contributed by atoms with E-state index in [1.165, 1.54) is 16.8 Å². The fourth-order valence-electron chi connectivity index (χ4n) is 4.33. The molecule has 0 unspecified atom stereocenters. The summed E-state index contributed by atoms with van der Waals surface area (Å²) in [5.74, 6) is -0.0328. The number of hydrogen-bond donors (Lipinski definition) is 0. The number of nitrogens with zero attached hydrogens (tertiary/aromatic N) is 7. The highest BCUT2D eigenvalue weighted by atomic mass is 127. The number of halogens is 7. The van der Waals surface area contributed by atoms with Gasteiger partial charge in [-0.1, -0.05) is 27.7 Å². The van der Waals surface area contributed by atoms with Crippen molar-refractivity contribution in [2.24, 2.45) is 7.05 Å². The first-order valence-corrected chi connectivity index (χ1v) is 13.2. The van der Waals surface area contributed by atoms with Crippen LogP contribution in [0.3, 0.4) is 0 Å². The van der Waals surface area contributed by atoms with E-state index in [2.05, 4.69) is 20.4 Å². The summed E-state index contributed by atoms with van der Waals surface area (Å²) in [5.41, 5.74) is -1.80. The molecule has 40 heavy (non-hydrogen) atoms. The Morgan fingerprint density at radius 2 is 1.75 bits per heavy atom. The van der Waals surface area contributed by atoms with Gasteiger partial charge in [0.25, 0.3) is 5.95 Å². The lowest BCUT2D eigenvalue weighted by Gasteiger charge is -2.41. The molecule has 0 spiro atoms. The molecule has 0 N–H and O–H groups in total. The minimum Gasteiger partial charge on any atom is -0.446 e. The van der Waals surface area contributed by atoms with Gasteiger partial charge in [0, 0.05) is 18.7 Å². The van der Waals surface area contributed by atoms with Crippen LogP contribution in [0.1, 0.15) is 54.4 Å². The predicted octanol–water partition coefficient (Wildman–Crippen LogP) is 6.22. The molecule has 3 aromatic rings. The molecule has 0 fully saturated rings. The lowest BCUT2D eigenvalue weighted by atomic mass is 9.98. The first-order valence-electron chi connectivity index (χ1n) is 11.9. The van der Waals surface area contributed by atoms with E-state index < -0.39 is 52.3 Å². The zero-order chi connectivity index (χ0) is 29.6.